The Morgan fingerprint density at radius 2 is 2.24 bits per heavy atom. The summed E-state index contributed by atoms with van der Waals surface area (Å²) >= 11 is 0. The van der Waals surface area contributed by atoms with Crippen molar-refractivity contribution in [3.63, 3.8) is 0 Å². The molecule has 2 N–H and O–H groups in total. The van der Waals surface area contributed by atoms with Crippen LogP contribution in [0.25, 0.3) is 0 Å². The quantitative estimate of drug-likeness (QED) is 0.882. The monoisotopic (exact) mass is 345 g/mol. The minimum atomic E-state index is -0.663. The molecule has 1 atom stereocenters. The van der Waals surface area contributed by atoms with Crippen LogP contribution >= 0.6 is 0 Å². The fraction of sp³-hybridized carbons (Fsp3) is 0.412. The van der Waals surface area contributed by atoms with E-state index in [0.29, 0.717) is 25.2 Å². The minimum absolute atomic E-state index is 0.177. The van der Waals surface area contributed by atoms with E-state index >= 15 is 0 Å². The first-order valence-corrected chi connectivity index (χ1v) is 8.21. The van der Waals surface area contributed by atoms with Crippen LogP contribution in [0.2, 0.25) is 0 Å². The summed E-state index contributed by atoms with van der Waals surface area (Å²) in [5, 5.41) is 9.66. The molecule has 132 valence electrons. The Morgan fingerprint density at radius 1 is 1.44 bits per heavy atom. The molecule has 0 bridgehead atoms. The van der Waals surface area contributed by atoms with Crippen molar-refractivity contribution in [2.45, 2.75) is 32.2 Å². The Hall–Kier alpha value is -2.77. The van der Waals surface area contributed by atoms with E-state index in [9.17, 15) is 14.0 Å². The molecule has 0 aromatic carbocycles. The van der Waals surface area contributed by atoms with Crippen LogP contribution < -0.4 is 5.32 Å². The average Bonchev–Trinajstić information content (AvgIpc) is 3.24. The fourth-order valence-corrected chi connectivity index (χ4v) is 2.77. The Morgan fingerprint density at radius 3 is 2.92 bits per heavy atom. The van der Waals surface area contributed by atoms with Crippen LogP contribution in [0.5, 0.6) is 0 Å². The third-order valence-corrected chi connectivity index (χ3v) is 4.22. The molecule has 0 saturated carbocycles. The highest BCUT2D eigenvalue weighted by Crippen LogP contribution is 2.17. The second-order valence-corrected chi connectivity index (χ2v) is 6.41. The number of H-pyrrole nitrogens is 1. The van der Waals surface area contributed by atoms with Gasteiger partial charge in [0.2, 0.25) is 0 Å². The molecule has 8 heteroatoms. The second-order valence-electron chi connectivity index (χ2n) is 6.41. The molecule has 7 nitrogen and oxygen atoms in total. The summed E-state index contributed by atoms with van der Waals surface area (Å²) in [6.45, 7) is 4.90. The van der Waals surface area contributed by atoms with E-state index in [-0.39, 0.29) is 23.6 Å². The SMILES string of the molecule is CC(C)c1cc(C(=O)N2CCC(NC(=O)c3ncccc3F)C2)n[nH]1. The Balaban J connectivity index is 1.60. The van der Waals surface area contributed by atoms with Gasteiger partial charge in [-0.15, -0.1) is 0 Å². The van der Waals surface area contributed by atoms with Gasteiger partial charge in [-0.1, -0.05) is 13.8 Å². The van der Waals surface area contributed by atoms with Crippen molar-refractivity contribution < 1.29 is 14.0 Å². The van der Waals surface area contributed by atoms with E-state index in [0.717, 1.165) is 5.69 Å². The van der Waals surface area contributed by atoms with E-state index in [4.69, 9.17) is 0 Å². The Bertz CT molecular complexity index is 789. The number of rotatable bonds is 4. The number of nitrogens with zero attached hydrogens (tertiary/aromatic N) is 3. The fourth-order valence-electron chi connectivity index (χ4n) is 2.77. The number of aromatic nitrogens is 3. The third kappa shape index (κ3) is 3.67. The van der Waals surface area contributed by atoms with Crippen LogP contribution in [0, 0.1) is 5.82 Å². The van der Waals surface area contributed by atoms with Crippen LogP contribution in [0.3, 0.4) is 0 Å². The predicted molar refractivity (Wildman–Crippen MR) is 88.6 cm³/mol. The topological polar surface area (TPSA) is 91.0 Å². The standard InChI is InChI=1S/C17H20FN5O2/c1-10(2)13-8-14(22-21-13)17(25)23-7-5-11(9-23)20-16(24)15-12(18)4-3-6-19-15/h3-4,6,8,10-11H,5,7,9H2,1-2H3,(H,20,24)(H,21,22). The number of halogens is 1. The smallest absolute Gasteiger partial charge is 0.274 e. The number of likely N-dealkylation sites (tertiary alicyclic amines) is 1. The molecule has 1 aliphatic heterocycles. The first-order valence-electron chi connectivity index (χ1n) is 8.21. The van der Waals surface area contributed by atoms with Crippen LogP contribution in [0.15, 0.2) is 24.4 Å². The van der Waals surface area contributed by atoms with Gasteiger partial charge in [-0.3, -0.25) is 14.7 Å². The maximum Gasteiger partial charge on any atom is 0.274 e. The summed E-state index contributed by atoms with van der Waals surface area (Å²) in [5.74, 6) is -1.15. The van der Waals surface area contributed by atoms with Gasteiger partial charge in [-0.25, -0.2) is 9.37 Å². The number of amides is 2. The lowest BCUT2D eigenvalue weighted by Crippen LogP contribution is -2.39. The molecule has 0 aliphatic carbocycles. The number of hydrogen-bond acceptors (Lipinski definition) is 4. The van der Waals surface area contributed by atoms with Gasteiger partial charge in [0, 0.05) is 31.0 Å². The highest BCUT2D eigenvalue weighted by Gasteiger charge is 2.30. The van der Waals surface area contributed by atoms with E-state index in [2.05, 4.69) is 20.5 Å². The summed E-state index contributed by atoms with van der Waals surface area (Å²) in [4.78, 5) is 30.0. The van der Waals surface area contributed by atoms with Crippen LogP contribution in [-0.4, -0.2) is 51.0 Å². The summed E-state index contributed by atoms with van der Waals surface area (Å²) in [6.07, 6.45) is 1.97. The molecular formula is C17H20FN5O2. The maximum atomic E-state index is 13.6. The molecule has 2 aromatic heterocycles. The van der Waals surface area contributed by atoms with Gasteiger partial charge in [0.25, 0.3) is 11.8 Å². The zero-order valence-corrected chi connectivity index (χ0v) is 14.1. The molecule has 3 rings (SSSR count). The molecule has 3 heterocycles. The molecule has 1 unspecified atom stereocenters. The molecule has 0 radical (unpaired) electrons. The second kappa shape index (κ2) is 7.00. The largest absolute Gasteiger partial charge is 0.346 e. The van der Waals surface area contributed by atoms with Gasteiger partial charge in [0.1, 0.15) is 5.69 Å². The van der Waals surface area contributed by atoms with Crippen molar-refractivity contribution in [2.75, 3.05) is 13.1 Å². The molecule has 2 aromatic rings. The molecule has 1 aliphatic rings. The van der Waals surface area contributed by atoms with E-state index in [1.807, 2.05) is 13.8 Å². The number of carbonyl (C=O) groups is 2. The lowest BCUT2D eigenvalue weighted by Gasteiger charge is -2.16. The van der Waals surface area contributed by atoms with E-state index in [1.165, 1.54) is 18.3 Å². The van der Waals surface area contributed by atoms with Gasteiger partial charge in [0.05, 0.1) is 0 Å². The number of aromatic amines is 1. The molecule has 2 amide bonds. The average molecular weight is 345 g/mol. The minimum Gasteiger partial charge on any atom is -0.346 e. The number of pyridine rings is 1. The van der Waals surface area contributed by atoms with Gasteiger partial charge >= 0.3 is 0 Å². The summed E-state index contributed by atoms with van der Waals surface area (Å²) in [7, 11) is 0. The van der Waals surface area contributed by atoms with Crippen molar-refractivity contribution in [1.82, 2.24) is 25.4 Å². The first-order chi connectivity index (χ1) is 12.0. The Kier molecular flexibility index (Phi) is 4.78. The first kappa shape index (κ1) is 17.1. The van der Waals surface area contributed by atoms with Crippen molar-refractivity contribution >= 4 is 11.8 Å². The highest BCUT2D eigenvalue weighted by molar-refractivity contribution is 5.94. The lowest BCUT2D eigenvalue weighted by molar-refractivity contribution is 0.0777. The lowest BCUT2D eigenvalue weighted by atomic mass is 10.1. The molecule has 25 heavy (non-hydrogen) atoms. The van der Waals surface area contributed by atoms with E-state index in [1.54, 1.807) is 11.0 Å². The van der Waals surface area contributed by atoms with Crippen LogP contribution in [-0.2, 0) is 0 Å². The summed E-state index contributed by atoms with van der Waals surface area (Å²) < 4.78 is 13.6. The number of nitrogens with one attached hydrogen (secondary N) is 2. The van der Waals surface area contributed by atoms with Crippen molar-refractivity contribution in [2.24, 2.45) is 0 Å². The zero-order valence-electron chi connectivity index (χ0n) is 14.1. The van der Waals surface area contributed by atoms with Crippen molar-refractivity contribution in [3.8, 4) is 0 Å². The molecule has 1 saturated heterocycles. The maximum absolute atomic E-state index is 13.6. The van der Waals surface area contributed by atoms with Crippen molar-refractivity contribution in [1.29, 1.82) is 0 Å². The van der Waals surface area contributed by atoms with Gasteiger partial charge < -0.3 is 10.2 Å². The number of hydrogen-bond donors (Lipinski definition) is 2. The van der Waals surface area contributed by atoms with Crippen LogP contribution in [0.4, 0.5) is 4.39 Å². The highest BCUT2D eigenvalue weighted by atomic mass is 19.1. The van der Waals surface area contributed by atoms with Gasteiger partial charge in [-0.05, 0) is 30.5 Å². The summed E-state index contributed by atoms with van der Waals surface area (Å²) in [6, 6.07) is 4.14. The Labute approximate surface area is 144 Å². The molecular weight excluding hydrogens is 325 g/mol. The van der Waals surface area contributed by atoms with Crippen LogP contribution in [0.1, 0.15) is 52.9 Å². The normalized spacial score (nSPS) is 17.1. The molecule has 0 spiro atoms. The molecule has 1 fully saturated rings. The predicted octanol–water partition coefficient (Wildman–Crippen LogP) is 1.71. The van der Waals surface area contributed by atoms with E-state index < -0.39 is 11.7 Å². The summed E-state index contributed by atoms with van der Waals surface area (Å²) in [5.41, 5.74) is 1.03. The van der Waals surface area contributed by atoms with Gasteiger partial charge in [-0.2, -0.15) is 5.10 Å². The third-order valence-electron chi connectivity index (χ3n) is 4.22. The zero-order chi connectivity index (χ0) is 18.0. The number of carbonyl (C=O) groups excluding carboxylic acids is 2. The van der Waals surface area contributed by atoms with Crippen molar-refractivity contribution in [3.05, 3.63) is 47.3 Å². The van der Waals surface area contributed by atoms with Gasteiger partial charge in [0.15, 0.2) is 11.5 Å².